The molecule has 0 unspecified atom stereocenters. The van der Waals surface area contributed by atoms with E-state index in [1.54, 1.807) is 14.2 Å². The van der Waals surface area contributed by atoms with Gasteiger partial charge >= 0.3 is 0 Å². The zero-order valence-electron chi connectivity index (χ0n) is 13.9. The van der Waals surface area contributed by atoms with Gasteiger partial charge in [0.05, 0.1) is 26.2 Å². The molecule has 3 aromatic rings. The molecule has 0 aliphatic carbocycles. The lowest BCUT2D eigenvalue weighted by Gasteiger charge is -2.15. The van der Waals surface area contributed by atoms with Gasteiger partial charge in [-0.3, -0.25) is 0 Å². The lowest BCUT2D eigenvalue weighted by atomic mass is 10.1. The van der Waals surface area contributed by atoms with Crippen LogP contribution in [0.2, 0.25) is 0 Å². The van der Waals surface area contributed by atoms with Crippen molar-refractivity contribution in [2.24, 2.45) is 7.05 Å². The highest BCUT2D eigenvalue weighted by molar-refractivity contribution is 5.92. The second-order valence-corrected chi connectivity index (χ2v) is 5.46. The second-order valence-electron chi connectivity index (χ2n) is 5.46. The number of benzene rings is 2. The SMILES string of the molecule is COc1cc2cc[n+](C)cc2c(Oc2ccc(CO)cc2)c1OC. The average molecular weight is 326 g/mol. The molecule has 0 fully saturated rings. The van der Waals surface area contributed by atoms with Gasteiger partial charge in [-0.1, -0.05) is 12.1 Å². The van der Waals surface area contributed by atoms with Gasteiger partial charge in [0, 0.05) is 11.5 Å². The number of aryl methyl sites for hydroxylation is 1. The molecule has 0 bridgehead atoms. The summed E-state index contributed by atoms with van der Waals surface area (Å²) < 4.78 is 19.0. The highest BCUT2D eigenvalue weighted by Crippen LogP contribution is 2.44. The van der Waals surface area contributed by atoms with Crippen LogP contribution in [-0.4, -0.2) is 19.3 Å². The molecule has 0 spiro atoms. The summed E-state index contributed by atoms with van der Waals surface area (Å²) in [6.07, 6.45) is 3.95. The van der Waals surface area contributed by atoms with Crippen molar-refractivity contribution in [2.45, 2.75) is 6.61 Å². The van der Waals surface area contributed by atoms with Gasteiger partial charge in [-0.2, -0.15) is 0 Å². The number of aliphatic hydroxyl groups excluding tert-OH is 1. The molecule has 0 amide bonds. The van der Waals surface area contributed by atoms with Crippen LogP contribution in [0.4, 0.5) is 0 Å². The van der Waals surface area contributed by atoms with Crippen molar-refractivity contribution in [2.75, 3.05) is 14.2 Å². The minimum atomic E-state index is 0.00151. The van der Waals surface area contributed by atoms with E-state index in [1.807, 2.05) is 60.4 Å². The Labute approximate surface area is 140 Å². The Bertz CT molecular complexity index is 859. The maximum absolute atomic E-state index is 9.16. The van der Waals surface area contributed by atoms with Gasteiger partial charge < -0.3 is 19.3 Å². The Kier molecular flexibility index (Phi) is 4.53. The summed E-state index contributed by atoms with van der Waals surface area (Å²) in [6.45, 7) is 0.00151. The van der Waals surface area contributed by atoms with Crippen LogP contribution in [0.15, 0.2) is 48.8 Å². The molecule has 5 heteroatoms. The largest absolute Gasteiger partial charge is 0.493 e. The van der Waals surface area contributed by atoms with Crippen LogP contribution in [0.1, 0.15) is 5.56 Å². The van der Waals surface area contributed by atoms with Crippen LogP contribution < -0.4 is 18.8 Å². The Morgan fingerprint density at radius 1 is 1.00 bits per heavy atom. The van der Waals surface area contributed by atoms with E-state index < -0.39 is 0 Å². The summed E-state index contributed by atoms with van der Waals surface area (Å²) in [5, 5.41) is 11.1. The van der Waals surface area contributed by atoms with Crippen LogP contribution in [-0.2, 0) is 13.7 Å². The fourth-order valence-electron chi connectivity index (χ4n) is 2.59. The number of fused-ring (bicyclic) bond motifs is 1. The van der Waals surface area contributed by atoms with Crippen molar-refractivity contribution < 1.29 is 23.9 Å². The Morgan fingerprint density at radius 2 is 1.75 bits per heavy atom. The van der Waals surface area contributed by atoms with E-state index in [0.717, 1.165) is 16.3 Å². The Balaban J connectivity index is 2.16. The van der Waals surface area contributed by atoms with Gasteiger partial charge in [-0.05, 0) is 23.8 Å². The Hall–Kier alpha value is -2.79. The fourth-order valence-corrected chi connectivity index (χ4v) is 2.59. The first-order chi connectivity index (χ1) is 11.7. The molecule has 0 saturated carbocycles. The van der Waals surface area contributed by atoms with Crippen LogP contribution >= 0.6 is 0 Å². The topological polar surface area (TPSA) is 51.8 Å². The van der Waals surface area contributed by atoms with Crippen molar-refractivity contribution in [3.05, 3.63) is 54.4 Å². The number of ether oxygens (including phenoxy) is 3. The normalized spacial score (nSPS) is 10.7. The number of nitrogens with zero attached hydrogens (tertiary/aromatic N) is 1. The van der Waals surface area contributed by atoms with Crippen molar-refractivity contribution in [1.82, 2.24) is 0 Å². The third kappa shape index (κ3) is 2.98. The van der Waals surface area contributed by atoms with Crippen LogP contribution in [0.25, 0.3) is 10.8 Å². The molecule has 3 rings (SSSR count). The first kappa shape index (κ1) is 16.1. The number of pyridine rings is 1. The number of hydrogen-bond donors (Lipinski definition) is 1. The number of methoxy groups -OCH3 is 2. The second kappa shape index (κ2) is 6.76. The number of hydrogen-bond acceptors (Lipinski definition) is 4. The monoisotopic (exact) mass is 326 g/mol. The van der Waals surface area contributed by atoms with E-state index >= 15 is 0 Å². The van der Waals surface area contributed by atoms with E-state index in [1.165, 1.54) is 0 Å². The summed E-state index contributed by atoms with van der Waals surface area (Å²) in [4.78, 5) is 0. The molecule has 24 heavy (non-hydrogen) atoms. The molecule has 0 atom stereocenters. The lowest BCUT2D eigenvalue weighted by Crippen LogP contribution is -2.26. The highest BCUT2D eigenvalue weighted by atomic mass is 16.5. The molecule has 1 N–H and O–H groups in total. The van der Waals surface area contributed by atoms with Crippen LogP contribution in [0.3, 0.4) is 0 Å². The number of rotatable bonds is 5. The predicted molar refractivity (Wildman–Crippen MR) is 90.7 cm³/mol. The lowest BCUT2D eigenvalue weighted by molar-refractivity contribution is -0.670. The number of aliphatic hydroxyl groups is 1. The van der Waals surface area contributed by atoms with Gasteiger partial charge in [-0.15, -0.1) is 0 Å². The van der Waals surface area contributed by atoms with Gasteiger partial charge in [0.2, 0.25) is 5.75 Å². The molecule has 1 aromatic heterocycles. The maximum Gasteiger partial charge on any atom is 0.204 e. The van der Waals surface area contributed by atoms with E-state index in [-0.39, 0.29) is 6.61 Å². The quantitative estimate of drug-likeness (QED) is 0.733. The maximum atomic E-state index is 9.16. The molecule has 0 saturated heterocycles. The van der Waals surface area contributed by atoms with Crippen molar-refractivity contribution >= 4 is 10.8 Å². The first-order valence-corrected chi connectivity index (χ1v) is 7.58. The van der Waals surface area contributed by atoms with Crippen molar-refractivity contribution in [1.29, 1.82) is 0 Å². The average Bonchev–Trinajstić information content (AvgIpc) is 2.62. The molecule has 1 heterocycles. The van der Waals surface area contributed by atoms with Crippen LogP contribution in [0, 0.1) is 0 Å². The smallest absolute Gasteiger partial charge is 0.204 e. The molecule has 0 radical (unpaired) electrons. The van der Waals surface area contributed by atoms with Gasteiger partial charge in [0.15, 0.2) is 23.9 Å². The van der Waals surface area contributed by atoms with E-state index in [4.69, 9.17) is 19.3 Å². The van der Waals surface area contributed by atoms with E-state index in [9.17, 15) is 0 Å². The summed E-state index contributed by atoms with van der Waals surface area (Å²) in [6, 6.07) is 11.2. The molecular weight excluding hydrogens is 306 g/mol. The first-order valence-electron chi connectivity index (χ1n) is 7.58. The molecule has 124 valence electrons. The fraction of sp³-hybridized carbons (Fsp3) is 0.211. The summed E-state index contributed by atoms with van der Waals surface area (Å²) in [5.41, 5.74) is 0.830. The van der Waals surface area contributed by atoms with Crippen molar-refractivity contribution in [3.63, 3.8) is 0 Å². The molecule has 0 aliphatic heterocycles. The molecule has 0 aliphatic rings. The molecule has 2 aromatic carbocycles. The minimum Gasteiger partial charge on any atom is -0.493 e. The zero-order valence-corrected chi connectivity index (χ0v) is 13.9. The summed E-state index contributed by atoms with van der Waals surface area (Å²) in [7, 11) is 5.15. The predicted octanol–water partition coefficient (Wildman–Crippen LogP) is 2.97. The minimum absolute atomic E-state index is 0.00151. The third-order valence-corrected chi connectivity index (χ3v) is 3.84. The van der Waals surface area contributed by atoms with Gasteiger partial charge in [0.25, 0.3) is 0 Å². The Morgan fingerprint density at radius 3 is 2.38 bits per heavy atom. The van der Waals surface area contributed by atoms with E-state index in [0.29, 0.717) is 23.0 Å². The molecular formula is C19H20NO4+. The standard InChI is InChI=1S/C19H20NO4/c1-20-9-8-14-10-17(22-2)19(23-3)18(16(14)11-20)24-15-6-4-13(12-21)5-7-15/h4-11,21H,12H2,1-3H3/q+1. The van der Waals surface area contributed by atoms with Gasteiger partial charge in [-0.25, -0.2) is 4.57 Å². The summed E-state index contributed by atoms with van der Waals surface area (Å²) in [5.74, 6) is 2.41. The number of aromatic nitrogens is 1. The van der Waals surface area contributed by atoms with Crippen molar-refractivity contribution in [3.8, 4) is 23.0 Å². The van der Waals surface area contributed by atoms with Gasteiger partial charge in [0.1, 0.15) is 12.8 Å². The van der Waals surface area contributed by atoms with E-state index in [2.05, 4.69) is 0 Å². The van der Waals surface area contributed by atoms with Crippen LogP contribution in [0.5, 0.6) is 23.0 Å². The highest BCUT2D eigenvalue weighted by Gasteiger charge is 2.19. The summed E-state index contributed by atoms with van der Waals surface area (Å²) >= 11 is 0. The molecule has 5 nitrogen and oxygen atoms in total. The third-order valence-electron chi connectivity index (χ3n) is 3.84. The zero-order chi connectivity index (χ0) is 17.1.